The smallest absolute Gasteiger partial charge is 0.152 e. The van der Waals surface area contributed by atoms with Gasteiger partial charge in [0.1, 0.15) is 0 Å². The number of hydrogen-bond acceptors (Lipinski definition) is 1. The highest BCUT2D eigenvalue weighted by Crippen LogP contribution is 2.20. The van der Waals surface area contributed by atoms with Crippen LogP contribution in [0.3, 0.4) is 0 Å². The highest BCUT2D eigenvalue weighted by Gasteiger charge is 2.13. The van der Waals surface area contributed by atoms with E-state index in [1.165, 1.54) is 0 Å². The van der Waals surface area contributed by atoms with Crippen molar-refractivity contribution in [2.24, 2.45) is 0 Å². The molecule has 0 N–H and O–H groups in total. The van der Waals surface area contributed by atoms with Crippen LogP contribution in [0.5, 0.6) is 0 Å². The second-order valence-corrected chi connectivity index (χ2v) is 5.51. The van der Waals surface area contributed by atoms with Crippen LogP contribution in [0.15, 0.2) is 59.5 Å². The van der Waals surface area contributed by atoms with Crippen molar-refractivity contribution in [3.63, 3.8) is 0 Å². The average Bonchev–Trinajstić information content (AvgIpc) is 2.41. The second kappa shape index (κ2) is 5.83. The van der Waals surface area contributed by atoms with Crippen LogP contribution < -0.4 is 4.31 Å². The quantitative estimate of drug-likeness (QED) is 0.822. The second-order valence-electron chi connectivity index (χ2n) is 4.10. The predicted molar refractivity (Wildman–Crippen MR) is 77.0 cm³/mol. The lowest BCUT2D eigenvalue weighted by molar-refractivity contribution is 0.680. The third-order valence-electron chi connectivity index (χ3n) is 2.72. The van der Waals surface area contributed by atoms with Crippen molar-refractivity contribution in [3.05, 3.63) is 60.2 Å². The Labute approximate surface area is 111 Å². The van der Waals surface area contributed by atoms with Crippen LogP contribution in [-0.2, 0) is 11.0 Å². The van der Waals surface area contributed by atoms with Gasteiger partial charge in [-0.2, -0.15) is 0 Å². The summed E-state index contributed by atoms with van der Waals surface area (Å²) in [6.07, 6.45) is 0. The molecule has 3 heteroatoms. The molecule has 0 aliphatic rings. The molecule has 1 unspecified atom stereocenters. The molecule has 0 aliphatic carbocycles. The van der Waals surface area contributed by atoms with Crippen molar-refractivity contribution in [2.75, 3.05) is 10.8 Å². The molecule has 1 atom stereocenters. The summed E-state index contributed by atoms with van der Waals surface area (Å²) in [6, 6.07) is 17.7. The van der Waals surface area contributed by atoms with Gasteiger partial charge in [0, 0.05) is 12.2 Å². The molecule has 0 fully saturated rings. The molecule has 18 heavy (non-hydrogen) atoms. The molecule has 0 radical (unpaired) electrons. The summed E-state index contributed by atoms with van der Waals surface area (Å²) >= 11 is 0. The Hall–Kier alpha value is -1.61. The van der Waals surface area contributed by atoms with Crippen LogP contribution in [-0.4, -0.2) is 10.8 Å². The molecule has 2 nitrogen and oxygen atoms in total. The van der Waals surface area contributed by atoms with Gasteiger partial charge >= 0.3 is 0 Å². The maximum absolute atomic E-state index is 12.6. The Balaban J connectivity index is 2.32. The van der Waals surface area contributed by atoms with E-state index >= 15 is 0 Å². The molecule has 0 saturated heterocycles. The van der Waals surface area contributed by atoms with E-state index in [2.05, 4.69) is 0 Å². The molecule has 0 aromatic heterocycles. The fourth-order valence-electron chi connectivity index (χ4n) is 1.84. The summed E-state index contributed by atoms with van der Waals surface area (Å²) in [5, 5.41) is 0. The molecule has 0 aliphatic heterocycles. The zero-order valence-corrected chi connectivity index (χ0v) is 11.5. The maximum Gasteiger partial charge on any atom is 0.152 e. The van der Waals surface area contributed by atoms with E-state index in [9.17, 15) is 4.21 Å². The third-order valence-corrected chi connectivity index (χ3v) is 4.25. The van der Waals surface area contributed by atoms with E-state index < -0.39 is 11.0 Å². The summed E-state index contributed by atoms with van der Waals surface area (Å²) in [4.78, 5) is 0.848. The molecule has 0 saturated carbocycles. The van der Waals surface area contributed by atoms with Gasteiger partial charge in [0.2, 0.25) is 0 Å². The Kier molecular flexibility index (Phi) is 4.15. The van der Waals surface area contributed by atoms with Crippen molar-refractivity contribution in [3.8, 4) is 0 Å². The van der Waals surface area contributed by atoms with Crippen molar-refractivity contribution in [1.82, 2.24) is 0 Å². The molecule has 94 valence electrons. The number of aryl methyl sites for hydroxylation is 1. The predicted octanol–water partition coefficient (Wildman–Crippen LogP) is 3.54. The van der Waals surface area contributed by atoms with Crippen LogP contribution in [0.25, 0.3) is 0 Å². The van der Waals surface area contributed by atoms with Gasteiger partial charge in [-0.3, -0.25) is 4.31 Å². The first-order valence-electron chi connectivity index (χ1n) is 6.03. The number of para-hydroxylation sites is 1. The van der Waals surface area contributed by atoms with E-state index in [0.29, 0.717) is 6.54 Å². The van der Waals surface area contributed by atoms with Crippen LogP contribution in [0, 0.1) is 6.92 Å². The number of hydrogen-bond donors (Lipinski definition) is 0. The number of anilines is 1. The molecule has 0 amide bonds. The highest BCUT2D eigenvalue weighted by molar-refractivity contribution is 7.86. The van der Waals surface area contributed by atoms with Crippen molar-refractivity contribution >= 4 is 16.7 Å². The minimum atomic E-state index is -1.15. The first-order chi connectivity index (χ1) is 8.72. The normalized spacial score (nSPS) is 12.1. The topological polar surface area (TPSA) is 20.3 Å². The molecule has 0 spiro atoms. The Morgan fingerprint density at radius 1 is 1.06 bits per heavy atom. The van der Waals surface area contributed by atoms with Crippen LogP contribution in [0.2, 0.25) is 0 Å². The fourth-order valence-corrected chi connectivity index (χ4v) is 3.12. The van der Waals surface area contributed by atoms with Gasteiger partial charge in [-0.05, 0) is 43.7 Å². The zero-order valence-electron chi connectivity index (χ0n) is 10.7. The van der Waals surface area contributed by atoms with Crippen LogP contribution in [0.4, 0.5) is 5.69 Å². The van der Waals surface area contributed by atoms with Gasteiger partial charge in [0.15, 0.2) is 11.0 Å². The largest absolute Gasteiger partial charge is 0.288 e. The first-order valence-corrected chi connectivity index (χ1v) is 7.14. The van der Waals surface area contributed by atoms with E-state index in [4.69, 9.17) is 0 Å². The zero-order chi connectivity index (χ0) is 13.0. The summed E-state index contributed by atoms with van der Waals surface area (Å²) in [5.41, 5.74) is 2.12. The summed E-state index contributed by atoms with van der Waals surface area (Å²) in [6.45, 7) is 4.74. The third kappa shape index (κ3) is 2.79. The molecule has 0 bridgehead atoms. The van der Waals surface area contributed by atoms with Gasteiger partial charge in [0.05, 0.1) is 4.90 Å². The SMILES string of the molecule is CCN(c1ccccc1)S(=O)c1cccc(C)c1. The minimum Gasteiger partial charge on any atom is -0.288 e. The molecule has 2 aromatic carbocycles. The lowest BCUT2D eigenvalue weighted by atomic mass is 10.2. The van der Waals surface area contributed by atoms with E-state index in [0.717, 1.165) is 16.1 Å². The summed E-state index contributed by atoms with van der Waals surface area (Å²) in [5.74, 6) is 0. The fraction of sp³-hybridized carbons (Fsp3) is 0.200. The molecule has 2 aromatic rings. The van der Waals surface area contributed by atoms with Crippen molar-refractivity contribution in [1.29, 1.82) is 0 Å². The Bertz CT molecular complexity index is 539. The molecule has 2 rings (SSSR count). The van der Waals surface area contributed by atoms with Gasteiger partial charge in [0.25, 0.3) is 0 Å². The molecule has 0 heterocycles. The van der Waals surface area contributed by atoms with Crippen molar-refractivity contribution < 1.29 is 4.21 Å². The van der Waals surface area contributed by atoms with Gasteiger partial charge < -0.3 is 0 Å². The summed E-state index contributed by atoms with van der Waals surface area (Å²) in [7, 11) is -1.15. The van der Waals surface area contributed by atoms with E-state index in [1.807, 2.05) is 72.7 Å². The summed E-state index contributed by atoms with van der Waals surface area (Å²) < 4.78 is 14.5. The average molecular weight is 259 g/mol. The standard InChI is InChI=1S/C15H17NOS/c1-3-16(14-9-5-4-6-10-14)18(17)15-11-7-8-13(2)12-15/h4-12H,3H2,1-2H3. The van der Waals surface area contributed by atoms with Gasteiger partial charge in [-0.1, -0.05) is 30.3 Å². The first kappa shape index (κ1) is 12.8. The maximum atomic E-state index is 12.6. The van der Waals surface area contributed by atoms with Gasteiger partial charge in [-0.25, -0.2) is 4.21 Å². The van der Waals surface area contributed by atoms with E-state index in [1.54, 1.807) is 0 Å². The minimum absolute atomic E-state index is 0.713. The molecular formula is C15H17NOS. The van der Waals surface area contributed by atoms with Crippen molar-refractivity contribution in [2.45, 2.75) is 18.7 Å². The lowest BCUT2D eigenvalue weighted by Crippen LogP contribution is -2.25. The number of benzene rings is 2. The number of nitrogens with zero attached hydrogens (tertiary/aromatic N) is 1. The lowest BCUT2D eigenvalue weighted by Gasteiger charge is -2.21. The van der Waals surface area contributed by atoms with Gasteiger partial charge in [-0.15, -0.1) is 0 Å². The molecular weight excluding hydrogens is 242 g/mol. The van der Waals surface area contributed by atoms with Crippen LogP contribution >= 0.6 is 0 Å². The Morgan fingerprint density at radius 3 is 2.39 bits per heavy atom. The monoisotopic (exact) mass is 259 g/mol. The van der Waals surface area contributed by atoms with Crippen LogP contribution in [0.1, 0.15) is 12.5 Å². The van der Waals surface area contributed by atoms with E-state index in [-0.39, 0.29) is 0 Å². The Morgan fingerprint density at radius 2 is 1.78 bits per heavy atom. The number of rotatable bonds is 4. The highest BCUT2D eigenvalue weighted by atomic mass is 32.2.